The highest BCUT2D eigenvalue weighted by Gasteiger charge is 2.44. The van der Waals surface area contributed by atoms with Gasteiger partial charge in [-0.3, -0.25) is 14.5 Å². The van der Waals surface area contributed by atoms with E-state index < -0.39 is 5.97 Å². The van der Waals surface area contributed by atoms with Crippen LogP contribution in [0, 0.1) is 5.92 Å². The van der Waals surface area contributed by atoms with Crippen molar-refractivity contribution >= 4 is 17.6 Å². The highest BCUT2D eigenvalue weighted by molar-refractivity contribution is 5.88. The number of aliphatic carboxylic acids is 1. The zero-order valence-electron chi connectivity index (χ0n) is 13.5. The van der Waals surface area contributed by atoms with Gasteiger partial charge in [-0.1, -0.05) is 25.0 Å². The van der Waals surface area contributed by atoms with E-state index in [1.54, 1.807) is 0 Å². The molecular weight excluding hydrogens is 292 g/mol. The Morgan fingerprint density at radius 1 is 1.30 bits per heavy atom. The Morgan fingerprint density at radius 3 is 2.83 bits per heavy atom. The van der Waals surface area contributed by atoms with Crippen LogP contribution in [0.15, 0.2) is 24.3 Å². The minimum Gasteiger partial charge on any atom is -0.480 e. The van der Waals surface area contributed by atoms with Gasteiger partial charge in [0.15, 0.2) is 0 Å². The van der Waals surface area contributed by atoms with E-state index in [2.05, 4.69) is 10.2 Å². The summed E-state index contributed by atoms with van der Waals surface area (Å²) in [5, 5.41) is 12.4. The van der Waals surface area contributed by atoms with Gasteiger partial charge in [-0.25, -0.2) is 0 Å². The third-order valence-corrected chi connectivity index (χ3v) is 5.12. The Bertz CT molecular complexity index is 602. The monoisotopic (exact) mass is 316 g/mol. The highest BCUT2D eigenvalue weighted by atomic mass is 16.4. The summed E-state index contributed by atoms with van der Waals surface area (Å²) < 4.78 is 0. The van der Waals surface area contributed by atoms with Crippen LogP contribution in [-0.4, -0.2) is 34.0 Å². The third-order valence-electron chi connectivity index (χ3n) is 5.12. The Hall–Kier alpha value is -1.88. The predicted molar refractivity (Wildman–Crippen MR) is 88.1 cm³/mol. The topological polar surface area (TPSA) is 69.6 Å². The zero-order valence-corrected chi connectivity index (χ0v) is 13.5. The van der Waals surface area contributed by atoms with Gasteiger partial charge in [0, 0.05) is 25.2 Å². The Kier molecular flexibility index (Phi) is 4.66. The quantitative estimate of drug-likeness (QED) is 0.896. The minimum atomic E-state index is -0.711. The molecule has 1 aromatic rings. The molecule has 2 fully saturated rings. The standard InChI is InChI=1S/C18H24N2O3/c1-12(21)19-15-7-4-5-13(9-15)11-20-16-8-3-2-6-14(16)10-17(20)18(22)23/h4-5,7,9,14,16-17H,2-3,6,8,10-11H2,1H3,(H,19,21)(H,22,23)/t14-,16-,17-/m0/s1. The fraction of sp³-hybridized carbons (Fsp3) is 0.556. The van der Waals surface area contributed by atoms with Gasteiger partial charge >= 0.3 is 5.97 Å². The predicted octanol–water partition coefficient (Wildman–Crippen LogP) is 2.86. The van der Waals surface area contributed by atoms with Crippen LogP contribution < -0.4 is 5.32 Å². The lowest BCUT2D eigenvalue weighted by molar-refractivity contribution is -0.142. The van der Waals surface area contributed by atoms with Crippen LogP contribution in [0.2, 0.25) is 0 Å². The molecule has 0 unspecified atom stereocenters. The first-order valence-electron chi connectivity index (χ1n) is 8.39. The summed E-state index contributed by atoms with van der Waals surface area (Å²) in [6.45, 7) is 2.12. The van der Waals surface area contributed by atoms with Gasteiger partial charge < -0.3 is 10.4 Å². The van der Waals surface area contributed by atoms with Gasteiger partial charge in [-0.15, -0.1) is 0 Å². The lowest BCUT2D eigenvalue weighted by atomic mass is 9.84. The minimum absolute atomic E-state index is 0.0981. The second-order valence-corrected chi connectivity index (χ2v) is 6.76. The molecule has 0 bridgehead atoms. The Morgan fingerprint density at radius 2 is 2.09 bits per heavy atom. The fourth-order valence-electron chi connectivity index (χ4n) is 4.18. The molecule has 3 atom stereocenters. The van der Waals surface area contributed by atoms with Crippen molar-refractivity contribution in [3.63, 3.8) is 0 Å². The molecule has 1 amide bonds. The average molecular weight is 316 g/mol. The van der Waals surface area contributed by atoms with Crippen LogP contribution >= 0.6 is 0 Å². The molecule has 1 saturated heterocycles. The first-order chi connectivity index (χ1) is 11.0. The molecule has 0 radical (unpaired) electrons. The number of nitrogens with zero attached hydrogens (tertiary/aromatic N) is 1. The normalized spacial score (nSPS) is 27.4. The number of carboxylic acid groups (broad SMARTS) is 1. The average Bonchev–Trinajstić information content (AvgIpc) is 2.86. The lowest BCUT2D eigenvalue weighted by Crippen LogP contribution is -2.41. The van der Waals surface area contributed by atoms with Crippen molar-refractivity contribution in [1.82, 2.24) is 4.90 Å². The number of carbonyl (C=O) groups excluding carboxylic acids is 1. The molecule has 23 heavy (non-hydrogen) atoms. The van der Waals surface area contributed by atoms with Crippen LogP contribution in [0.3, 0.4) is 0 Å². The van der Waals surface area contributed by atoms with E-state index >= 15 is 0 Å². The maximum absolute atomic E-state index is 11.7. The summed E-state index contributed by atoms with van der Waals surface area (Å²) in [4.78, 5) is 25.0. The molecule has 1 saturated carbocycles. The number of nitrogens with one attached hydrogen (secondary N) is 1. The van der Waals surface area contributed by atoms with Crippen molar-refractivity contribution in [1.29, 1.82) is 0 Å². The molecule has 5 nitrogen and oxygen atoms in total. The van der Waals surface area contributed by atoms with Gasteiger partial charge in [0.2, 0.25) is 5.91 Å². The van der Waals surface area contributed by atoms with Crippen LogP contribution in [0.4, 0.5) is 5.69 Å². The van der Waals surface area contributed by atoms with Gasteiger partial charge in [-0.05, 0) is 42.9 Å². The molecule has 1 aliphatic heterocycles. The van der Waals surface area contributed by atoms with Crippen LogP contribution in [0.5, 0.6) is 0 Å². The van der Waals surface area contributed by atoms with E-state index in [0.717, 1.165) is 30.5 Å². The summed E-state index contributed by atoms with van der Waals surface area (Å²) in [7, 11) is 0. The van der Waals surface area contributed by atoms with Crippen molar-refractivity contribution < 1.29 is 14.7 Å². The van der Waals surface area contributed by atoms with Crippen LogP contribution in [0.1, 0.15) is 44.6 Å². The van der Waals surface area contributed by atoms with Crippen molar-refractivity contribution in [3.05, 3.63) is 29.8 Å². The molecule has 3 rings (SSSR count). The van der Waals surface area contributed by atoms with E-state index in [1.807, 2.05) is 24.3 Å². The number of anilines is 1. The highest BCUT2D eigenvalue weighted by Crippen LogP contribution is 2.40. The maximum atomic E-state index is 11.7. The van der Waals surface area contributed by atoms with Crippen LogP contribution in [-0.2, 0) is 16.1 Å². The van der Waals surface area contributed by atoms with Gasteiger partial charge in [-0.2, -0.15) is 0 Å². The van der Waals surface area contributed by atoms with E-state index in [4.69, 9.17) is 0 Å². The van der Waals surface area contributed by atoms with E-state index in [0.29, 0.717) is 18.5 Å². The lowest BCUT2D eigenvalue weighted by Gasteiger charge is -2.33. The summed E-state index contributed by atoms with van der Waals surface area (Å²) in [6.07, 6.45) is 5.43. The molecule has 2 aliphatic rings. The summed E-state index contributed by atoms with van der Waals surface area (Å²) in [5.41, 5.74) is 1.81. The SMILES string of the molecule is CC(=O)Nc1cccc(CN2[C@H](C(=O)O)C[C@@H]3CCCC[C@@H]32)c1. The summed E-state index contributed by atoms with van der Waals surface area (Å²) in [6, 6.07) is 7.70. The van der Waals surface area contributed by atoms with Crippen molar-refractivity contribution in [3.8, 4) is 0 Å². The first kappa shape index (κ1) is 16.0. The molecule has 1 aromatic carbocycles. The Balaban J connectivity index is 1.78. The molecule has 124 valence electrons. The number of likely N-dealkylation sites (tertiary alicyclic amines) is 1. The number of hydrogen-bond donors (Lipinski definition) is 2. The number of carboxylic acids is 1. The number of carbonyl (C=O) groups is 2. The third kappa shape index (κ3) is 3.55. The van der Waals surface area contributed by atoms with Crippen molar-refractivity contribution in [2.45, 2.75) is 57.7 Å². The molecule has 0 aromatic heterocycles. The summed E-state index contributed by atoms with van der Waals surface area (Å²) in [5.74, 6) is -0.292. The van der Waals surface area contributed by atoms with E-state index in [-0.39, 0.29) is 11.9 Å². The summed E-state index contributed by atoms with van der Waals surface area (Å²) >= 11 is 0. The number of fused-ring (bicyclic) bond motifs is 1. The first-order valence-corrected chi connectivity index (χ1v) is 8.39. The molecule has 0 spiro atoms. The Labute approximate surface area is 136 Å². The molecule has 1 heterocycles. The van der Waals surface area contributed by atoms with Crippen molar-refractivity contribution in [2.75, 3.05) is 5.32 Å². The number of hydrogen-bond acceptors (Lipinski definition) is 3. The van der Waals surface area contributed by atoms with Crippen LogP contribution in [0.25, 0.3) is 0 Å². The fourth-order valence-corrected chi connectivity index (χ4v) is 4.18. The number of rotatable bonds is 4. The zero-order chi connectivity index (χ0) is 16.4. The number of benzene rings is 1. The van der Waals surface area contributed by atoms with Gasteiger partial charge in [0.05, 0.1) is 0 Å². The molecule has 5 heteroatoms. The number of amides is 1. The van der Waals surface area contributed by atoms with Crippen molar-refractivity contribution in [2.24, 2.45) is 5.92 Å². The van der Waals surface area contributed by atoms with E-state index in [9.17, 15) is 14.7 Å². The second-order valence-electron chi connectivity index (χ2n) is 6.76. The molecule has 2 N–H and O–H groups in total. The van der Waals surface area contributed by atoms with Gasteiger partial charge in [0.25, 0.3) is 0 Å². The largest absolute Gasteiger partial charge is 0.480 e. The van der Waals surface area contributed by atoms with E-state index in [1.165, 1.54) is 19.8 Å². The molecule has 1 aliphatic carbocycles. The second kappa shape index (κ2) is 6.71. The molecular formula is C18H24N2O3. The van der Waals surface area contributed by atoms with Gasteiger partial charge in [0.1, 0.15) is 6.04 Å². The maximum Gasteiger partial charge on any atom is 0.320 e. The smallest absolute Gasteiger partial charge is 0.320 e.